The van der Waals surface area contributed by atoms with Gasteiger partial charge in [-0.05, 0) is 38.6 Å². The number of unbranched alkanes of at least 4 members (excludes halogenated alkanes) is 1. The monoisotopic (exact) mass is 433 g/mol. The van der Waals surface area contributed by atoms with Crippen LogP contribution in [0.2, 0.25) is 0 Å². The fourth-order valence-electron chi connectivity index (χ4n) is 2.48. The van der Waals surface area contributed by atoms with Crippen LogP contribution in [0.5, 0.6) is 0 Å². The number of thiol groups is 1. The van der Waals surface area contributed by atoms with Crippen LogP contribution in [0.1, 0.15) is 46.5 Å². The molecular formula is C18H35N5O5S. The van der Waals surface area contributed by atoms with Gasteiger partial charge in [-0.25, -0.2) is 4.79 Å². The van der Waals surface area contributed by atoms with Crippen molar-refractivity contribution in [2.45, 2.75) is 70.6 Å². The van der Waals surface area contributed by atoms with E-state index in [1.165, 1.54) is 6.92 Å². The van der Waals surface area contributed by atoms with E-state index in [-0.39, 0.29) is 11.7 Å². The number of carbonyl (C=O) groups excluding carboxylic acids is 3. The summed E-state index contributed by atoms with van der Waals surface area (Å²) < 4.78 is 0. The molecular weight excluding hydrogens is 398 g/mol. The molecule has 168 valence electrons. The lowest BCUT2D eigenvalue weighted by Gasteiger charge is -2.24. The van der Waals surface area contributed by atoms with E-state index >= 15 is 0 Å². The molecule has 0 bridgehead atoms. The van der Waals surface area contributed by atoms with Crippen molar-refractivity contribution >= 4 is 36.3 Å². The smallest absolute Gasteiger partial charge is 0.327 e. The number of nitrogens with one attached hydrogen (secondary N) is 3. The van der Waals surface area contributed by atoms with Crippen LogP contribution in [-0.2, 0) is 19.2 Å². The van der Waals surface area contributed by atoms with E-state index in [4.69, 9.17) is 16.6 Å². The van der Waals surface area contributed by atoms with Gasteiger partial charge < -0.3 is 32.5 Å². The first kappa shape index (κ1) is 27.1. The van der Waals surface area contributed by atoms with Crippen LogP contribution in [0.15, 0.2) is 0 Å². The summed E-state index contributed by atoms with van der Waals surface area (Å²) >= 11 is 3.91. The van der Waals surface area contributed by atoms with Gasteiger partial charge in [0.25, 0.3) is 0 Å². The summed E-state index contributed by atoms with van der Waals surface area (Å²) in [5, 5.41) is 16.5. The highest BCUT2D eigenvalue weighted by Crippen LogP contribution is 2.06. The molecule has 0 aromatic carbocycles. The summed E-state index contributed by atoms with van der Waals surface area (Å²) in [7, 11) is 0. The van der Waals surface area contributed by atoms with Crippen LogP contribution < -0.4 is 27.4 Å². The molecule has 0 aliphatic heterocycles. The minimum absolute atomic E-state index is 0.0613. The predicted octanol–water partition coefficient (Wildman–Crippen LogP) is -1.02. The topological polar surface area (TPSA) is 177 Å². The zero-order valence-corrected chi connectivity index (χ0v) is 18.2. The van der Waals surface area contributed by atoms with Crippen molar-refractivity contribution in [2.24, 2.45) is 17.4 Å². The Morgan fingerprint density at radius 3 is 2.00 bits per heavy atom. The minimum atomic E-state index is -1.22. The summed E-state index contributed by atoms with van der Waals surface area (Å²) in [6.07, 6.45) is 2.22. The van der Waals surface area contributed by atoms with E-state index in [1.807, 2.05) is 13.8 Å². The average Bonchev–Trinajstić information content (AvgIpc) is 2.64. The molecule has 0 spiro atoms. The number of carboxylic acids is 1. The molecule has 3 amide bonds. The number of rotatable bonds is 14. The lowest BCUT2D eigenvalue weighted by atomic mass is 10.0. The summed E-state index contributed by atoms with van der Waals surface area (Å²) in [6.45, 7) is 5.73. The van der Waals surface area contributed by atoms with Crippen LogP contribution in [0.25, 0.3) is 0 Å². The number of hydrogen-bond donors (Lipinski definition) is 7. The SMILES string of the molecule is CC(C)CC(NC(=O)C(C)NC(=O)C(N)CCCCN)C(=O)NC(CS)C(=O)O. The molecule has 0 heterocycles. The number of amides is 3. The maximum atomic E-state index is 12.5. The Balaban J connectivity index is 4.88. The Labute approximate surface area is 177 Å². The first-order valence-electron chi connectivity index (χ1n) is 9.73. The number of nitrogens with two attached hydrogens (primary N) is 2. The highest BCUT2D eigenvalue weighted by atomic mass is 32.1. The van der Waals surface area contributed by atoms with Crippen LogP contribution in [-0.4, -0.2) is 65.3 Å². The third-order valence-electron chi connectivity index (χ3n) is 4.20. The molecule has 0 aliphatic carbocycles. The van der Waals surface area contributed by atoms with Crippen LogP contribution in [0, 0.1) is 5.92 Å². The zero-order valence-electron chi connectivity index (χ0n) is 17.3. The highest BCUT2D eigenvalue weighted by molar-refractivity contribution is 7.80. The zero-order chi connectivity index (χ0) is 22.6. The van der Waals surface area contributed by atoms with E-state index in [1.54, 1.807) is 0 Å². The maximum Gasteiger partial charge on any atom is 0.327 e. The largest absolute Gasteiger partial charge is 0.480 e. The molecule has 0 aromatic rings. The fraction of sp³-hybridized carbons (Fsp3) is 0.778. The molecule has 0 saturated heterocycles. The molecule has 0 aliphatic rings. The van der Waals surface area contributed by atoms with Gasteiger partial charge in [0.05, 0.1) is 6.04 Å². The van der Waals surface area contributed by atoms with Crippen LogP contribution >= 0.6 is 12.6 Å². The van der Waals surface area contributed by atoms with Crippen LogP contribution in [0.4, 0.5) is 0 Å². The molecule has 0 fully saturated rings. The molecule has 0 saturated carbocycles. The molecule has 0 rings (SSSR count). The van der Waals surface area contributed by atoms with Crippen molar-refractivity contribution < 1.29 is 24.3 Å². The molecule has 0 aromatic heterocycles. The van der Waals surface area contributed by atoms with Crippen molar-refractivity contribution in [3.63, 3.8) is 0 Å². The number of hydrogen-bond acceptors (Lipinski definition) is 7. The van der Waals surface area contributed by atoms with Gasteiger partial charge in [0, 0.05) is 5.75 Å². The van der Waals surface area contributed by atoms with Gasteiger partial charge in [0.15, 0.2) is 0 Å². The number of carboxylic acid groups (broad SMARTS) is 1. The number of aliphatic carboxylic acids is 1. The third-order valence-corrected chi connectivity index (χ3v) is 4.56. The van der Waals surface area contributed by atoms with Gasteiger partial charge in [-0.1, -0.05) is 20.3 Å². The standard InChI is InChI=1S/C18H35N5O5S/c1-10(2)8-13(17(26)23-14(9-29)18(27)28)22-15(24)11(3)21-16(25)12(20)6-4-5-7-19/h10-14,29H,4-9,19-20H2,1-3H3,(H,21,25)(H,22,24)(H,23,26)(H,27,28). The van der Waals surface area contributed by atoms with Crippen molar-refractivity contribution in [1.82, 2.24) is 16.0 Å². The summed E-state index contributed by atoms with van der Waals surface area (Å²) in [4.78, 5) is 48.1. The van der Waals surface area contributed by atoms with Gasteiger partial charge in [-0.2, -0.15) is 12.6 Å². The maximum absolute atomic E-state index is 12.5. The van der Waals surface area contributed by atoms with Gasteiger partial charge in [0.1, 0.15) is 18.1 Å². The molecule has 8 N–H and O–H groups in total. The molecule has 11 heteroatoms. The van der Waals surface area contributed by atoms with Gasteiger partial charge in [-0.3, -0.25) is 14.4 Å². The molecule has 10 nitrogen and oxygen atoms in total. The van der Waals surface area contributed by atoms with Gasteiger partial charge in [0.2, 0.25) is 17.7 Å². The first-order chi connectivity index (χ1) is 13.5. The van der Waals surface area contributed by atoms with E-state index < -0.39 is 47.9 Å². The van der Waals surface area contributed by atoms with E-state index in [2.05, 4.69) is 28.6 Å². The quantitative estimate of drug-likeness (QED) is 0.135. The Kier molecular flexibility index (Phi) is 13.3. The van der Waals surface area contributed by atoms with Gasteiger partial charge >= 0.3 is 5.97 Å². The van der Waals surface area contributed by atoms with Gasteiger partial charge in [-0.15, -0.1) is 0 Å². The Hall–Kier alpha value is -1.85. The summed E-state index contributed by atoms with van der Waals surface area (Å²) in [5.41, 5.74) is 11.2. The van der Waals surface area contributed by atoms with Crippen molar-refractivity contribution in [2.75, 3.05) is 12.3 Å². The molecule has 0 radical (unpaired) electrons. The summed E-state index contributed by atoms with van der Waals surface area (Å²) in [5.74, 6) is -2.89. The van der Waals surface area contributed by atoms with Crippen molar-refractivity contribution in [3.8, 4) is 0 Å². The summed E-state index contributed by atoms with van der Waals surface area (Å²) in [6, 6.07) is -3.77. The molecule has 29 heavy (non-hydrogen) atoms. The van der Waals surface area contributed by atoms with E-state index in [0.29, 0.717) is 25.8 Å². The first-order valence-corrected chi connectivity index (χ1v) is 10.4. The van der Waals surface area contributed by atoms with E-state index in [9.17, 15) is 19.2 Å². The Morgan fingerprint density at radius 2 is 1.52 bits per heavy atom. The average molecular weight is 434 g/mol. The second kappa shape index (κ2) is 14.2. The highest BCUT2D eigenvalue weighted by Gasteiger charge is 2.28. The lowest BCUT2D eigenvalue weighted by molar-refractivity contribution is -0.141. The number of carbonyl (C=O) groups is 4. The lowest BCUT2D eigenvalue weighted by Crippen LogP contribution is -2.56. The fourth-order valence-corrected chi connectivity index (χ4v) is 2.73. The van der Waals surface area contributed by atoms with Crippen molar-refractivity contribution in [1.29, 1.82) is 0 Å². The minimum Gasteiger partial charge on any atom is -0.480 e. The second-order valence-corrected chi connectivity index (χ2v) is 7.76. The normalized spacial score (nSPS) is 15.1. The van der Waals surface area contributed by atoms with E-state index in [0.717, 1.165) is 6.42 Å². The molecule has 4 unspecified atom stereocenters. The third kappa shape index (κ3) is 11.1. The second-order valence-electron chi connectivity index (χ2n) is 7.39. The predicted molar refractivity (Wildman–Crippen MR) is 113 cm³/mol. The Morgan fingerprint density at radius 1 is 0.931 bits per heavy atom. The van der Waals surface area contributed by atoms with Crippen LogP contribution in [0.3, 0.4) is 0 Å². The van der Waals surface area contributed by atoms with Crippen molar-refractivity contribution in [3.05, 3.63) is 0 Å². The molecule has 4 atom stereocenters. The Bertz CT molecular complexity index is 561.